The highest BCUT2D eigenvalue weighted by Gasteiger charge is 2.31. The minimum Gasteiger partial charge on any atom is -0.312 e. The number of non-ortho nitro benzene ring substituents is 1. The van der Waals surface area contributed by atoms with Gasteiger partial charge in [0.05, 0.1) is 4.92 Å². The first-order chi connectivity index (χ1) is 7.66. The predicted molar refractivity (Wildman–Crippen MR) is 62.1 cm³/mol. The molecule has 1 aromatic carbocycles. The summed E-state index contributed by atoms with van der Waals surface area (Å²) in [5.41, 5.74) is 1.25. The number of nitrogens with one attached hydrogen (secondary N) is 1. The first-order valence-corrected chi connectivity index (χ1v) is 5.61. The van der Waals surface area contributed by atoms with Crippen molar-refractivity contribution in [3.8, 4) is 0 Å². The number of rotatable bonds is 5. The Kier molecular flexibility index (Phi) is 3.19. The predicted octanol–water partition coefficient (Wildman–Crippen LogP) is 2.34. The van der Waals surface area contributed by atoms with E-state index >= 15 is 0 Å². The van der Waals surface area contributed by atoms with Gasteiger partial charge in [0.2, 0.25) is 0 Å². The maximum Gasteiger partial charge on any atom is 0.269 e. The maximum absolute atomic E-state index is 10.4. The number of nitro groups is 1. The SMILES string of the molecule is CC1CC1CNCc1ccc([N+](=O)[O-])cc1. The van der Waals surface area contributed by atoms with Crippen LogP contribution in [0.1, 0.15) is 18.9 Å². The molecule has 0 radical (unpaired) electrons. The third-order valence-corrected chi connectivity index (χ3v) is 3.16. The van der Waals surface area contributed by atoms with E-state index in [-0.39, 0.29) is 10.6 Å². The van der Waals surface area contributed by atoms with Crippen LogP contribution in [0, 0.1) is 22.0 Å². The number of hydrogen-bond donors (Lipinski definition) is 1. The summed E-state index contributed by atoms with van der Waals surface area (Å²) in [6, 6.07) is 6.72. The summed E-state index contributed by atoms with van der Waals surface area (Å²) < 4.78 is 0. The summed E-state index contributed by atoms with van der Waals surface area (Å²) in [4.78, 5) is 10.1. The number of nitrogens with zero attached hydrogens (tertiary/aromatic N) is 1. The first-order valence-electron chi connectivity index (χ1n) is 5.61. The van der Waals surface area contributed by atoms with Crippen molar-refractivity contribution in [2.75, 3.05) is 6.54 Å². The van der Waals surface area contributed by atoms with Crippen molar-refractivity contribution in [3.63, 3.8) is 0 Å². The highest BCUT2D eigenvalue weighted by atomic mass is 16.6. The maximum atomic E-state index is 10.4. The third-order valence-electron chi connectivity index (χ3n) is 3.16. The molecule has 4 nitrogen and oxygen atoms in total. The zero-order valence-corrected chi connectivity index (χ0v) is 9.35. The van der Waals surface area contributed by atoms with Gasteiger partial charge in [-0.2, -0.15) is 0 Å². The minimum absolute atomic E-state index is 0.152. The van der Waals surface area contributed by atoms with Gasteiger partial charge in [-0.05, 0) is 30.4 Å². The molecular formula is C12H16N2O2. The molecule has 16 heavy (non-hydrogen) atoms. The van der Waals surface area contributed by atoms with Gasteiger partial charge in [-0.1, -0.05) is 19.1 Å². The monoisotopic (exact) mass is 220 g/mol. The van der Waals surface area contributed by atoms with E-state index in [9.17, 15) is 10.1 Å². The Morgan fingerprint density at radius 1 is 1.44 bits per heavy atom. The molecule has 0 amide bonds. The van der Waals surface area contributed by atoms with Crippen LogP contribution < -0.4 is 5.32 Å². The molecule has 2 atom stereocenters. The van der Waals surface area contributed by atoms with Crippen molar-refractivity contribution in [2.45, 2.75) is 19.9 Å². The van der Waals surface area contributed by atoms with Crippen LogP contribution in [-0.4, -0.2) is 11.5 Å². The third kappa shape index (κ3) is 2.79. The fraction of sp³-hybridized carbons (Fsp3) is 0.500. The first kappa shape index (κ1) is 11.1. The average Bonchev–Trinajstić information content (AvgIpc) is 2.95. The van der Waals surface area contributed by atoms with E-state index < -0.39 is 0 Å². The van der Waals surface area contributed by atoms with Crippen molar-refractivity contribution in [3.05, 3.63) is 39.9 Å². The number of hydrogen-bond acceptors (Lipinski definition) is 3. The summed E-state index contributed by atoms with van der Waals surface area (Å²) in [6.07, 6.45) is 1.33. The molecule has 0 aliphatic heterocycles. The molecule has 0 spiro atoms. The second-order valence-electron chi connectivity index (χ2n) is 4.53. The smallest absolute Gasteiger partial charge is 0.269 e. The minimum atomic E-state index is -0.372. The number of nitro benzene ring substituents is 1. The Labute approximate surface area is 94.8 Å². The summed E-state index contributed by atoms with van der Waals surface area (Å²) >= 11 is 0. The van der Waals surface area contributed by atoms with Crippen LogP contribution in [0.15, 0.2) is 24.3 Å². The molecule has 0 saturated heterocycles. The molecule has 1 fully saturated rings. The lowest BCUT2D eigenvalue weighted by molar-refractivity contribution is -0.384. The van der Waals surface area contributed by atoms with E-state index in [0.29, 0.717) is 0 Å². The van der Waals surface area contributed by atoms with Crippen LogP contribution in [0.2, 0.25) is 0 Å². The molecule has 4 heteroatoms. The molecule has 1 aromatic rings. The Morgan fingerprint density at radius 2 is 2.06 bits per heavy atom. The Balaban J connectivity index is 1.78. The lowest BCUT2D eigenvalue weighted by Gasteiger charge is -2.03. The van der Waals surface area contributed by atoms with E-state index in [0.717, 1.165) is 30.5 Å². The molecular weight excluding hydrogens is 204 g/mol. The van der Waals surface area contributed by atoms with Crippen LogP contribution in [0.3, 0.4) is 0 Å². The van der Waals surface area contributed by atoms with Crippen LogP contribution in [0.25, 0.3) is 0 Å². The molecule has 2 unspecified atom stereocenters. The number of benzene rings is 1. The average molecular weight is 220 g/mol. The molecule has 2 rings (SSSR count). The van der Waals surface area contributed by atoms with Crippen molar-refractivity contribution in [2.24, 2.45) is 11.8 Å². The van der Waals surface area contributed by atoms with Gasteiger partial charge in [0, 0.05) is 18.7 Å². The lowest BCUT2D eigenvalue weighted by atomic mass is 10.2. The quantitative estimate of drug-likeness (QED) is 0.612. The van der Waals surface area contributed by atoms with Crippen LogP contribution >= 0.6 is 0 Å². The molecule has 0 heterocycles. The van der Waals surface area contributed by atoms with E-state index in [4.69, 9.17) is 0 Å². The van der Waals surface area contributed by atoms with Gasteiger partial charge in [-0.15, -0.1) is 0 Å². The van der Waals surface area contributed by atoms with Crippen LogP contribution in [0.5, 0.6) is 0 Å². The Bertz CT molecular complexity index is 375. The van der Waals surface area contributed by atoms with Crippen molar-refractivity contribution in [1.82, 2.24) is 5.32 Å². The van der Waals surface area contributed by atoms with Crippen molar-refractivity contribution in [1.29, 1.82) is 0 Å². The Hall–Kier alpha value is -1.42. The van der Waals surface area contributed by atoms with Gasteiger partial charge in [0.25, 0.3) is 5.69 Å². The van der Waals surface area contributed by atoms with Gasteiger partial charge in [-0.3, -0.25) is 10.1 Å². The van der Waals surface area contributed by atoms with Gasteiger partial charge >= 0.3 is 0 Å². The molecule has 1 aliphatic carbocycles. The second-order valence-corrected chi connectivity index (χ2v) is 4.53. The van der Waals surface area contributed by atoms with Gasteiger partial charge in [-0.25, -0.2) is 0 Å². The fourth-order valence-corrected chi connectivity index (χ4v) is 1.82. The van der Waals surface area contributed by atoms with E-state index in [1.54, 1.807) is 12.1 Å². The standard InChI is InChI=1S/C12H16N2O2/c1-9-6-11(9)8-13-7-10-2-4-12(5-3-10)14(15)16/h2-5,9,11,13H,6-8H2,1H3. The summed E-state index contributed by atoms with van der Waals surface area (Å²) in [5.74, 6) is 1.70. The molecule has 1 aliphatic rings. The summed E-state index contributed by atoms with van der Waals surface area (Å²) in [5, 5.41) is 13.8. The molecule has 1 saturated carbocycles. The largest absolute Gasteiger partial charge is 0.312 e. The molecule has 86 valence electrons. The highest BCUT2D eigenvalue weighted by molar-refractivity contribution is 5.32. The fourth-order valence-electron chi connectivity index (χ4n) is 1.82. The van der Waals surface area contributed by atoms with Crippen molar-refractivity contribution < 1.29 is 4.92 Å². The van der Waals surface area contributed by atoms with Gasteiger partial charge in [0.15, 0.2) is 0 Å². The zero-order chi connectivity index (χ0) is 11.5. The molecule has 0 bridgehead atoms. The molecule has 1 N–H and O–H groups in total. The summed E-state index contributed by atoms with van der Waals surface area (Å²) in [7, 11) is 0. The lowest BCUT2D eigenvalue weighted by Crippen LogP contribution is -2.16. The Morgan fingerprint density at radius 3 is 2.56 bits per heavy atom. The zero-order valence-electron chi connectivity index (χ0n) is 9.35. The topological polar surface area (TPSA) is 55.2 Å². The van der Waals surface area contributed by atoms with Crippen molar-refractivity contribution >= 4 is 5.69 Å². The summed E-state index contributed by atoms with van der Waals surface area (Å²) in [6.45, 7) is 4.11. The highest BCUT2D eigenvalue weighted by Crippen LogP contribution is 2.36. The molecule has 0 aromatic heterocycles. The normalized spacial score (nSPS) is 23.1. The van der Waals surface area contributed by atoms with Gasteiger partial charge < -0.3 is 5.32 Å². The van der Waals surface area contributed by atoms with E-state index in [2.05, 4.69) is 12.2 Å². The van der Waals surface area contributed by atoms with Gasteiger partial charge in [0.1, 0.15) is 0 Å². The second kappa shape index (κ2) is 4.61. The van der Waals surface area contributed by atoms with E-state index in [1.165, 1.54) is 6.42 Å². The van der Waals surface area contributed by atoms with E-state index in [1.807, 2.05) is 12.1 Å². The van der Waals surface area contributed by atoms with Crippen LogP contribution in [-0.2, 0) is 6.54 Å². The van der Waals surface area contributed by atoms with Crippen LogP contribution in [0.4, 0.5) is 5.69 Å².